The SMILES string of the molecule is O=C(O)CCCCN1CCC(C(=O)NCc2ccc(F)cc2)CC1. The molecule has 2 N–H and O–H groups in total. The summed E-state index contributed by atoms with van der Waals surface area (Å²) in [6.45, 7) is 3.08. The highest BCUT2D eigenvalue weighted by atomic mass is 19.1. The van der Waals surface area contributed by atoms with Crippen molar-refractivity contribution >= 4 is 11.9 Å². The van der Waals surface area contributed by atoms with Gasteiger partial charge in [-0.05, 0) is 63.0 Å². The van der Waals surface area contributed by atoms with E-state index in [9.17, 15) is 14.0 Å². The molecule has 0 aliphatic carbocycles. The Morgan fingerprint density at radius 1 is 1.17 bits per heavy atom. The average molecular weight is 336 g/mol. The largest absolute Gasteiger partial charge is 0.481 e. The first-order chi connectivity index (χ1) is 11.5. The minimum absolute atomic E-state index is 0.0284. The second-order valence-corrected chi connectivity index (χ2v) is 6.31. The summed E-state index contributed by atoms with van der Waals surface area (Å²) in [7, 11) is 0. The number of benzene rings is 1. The molecule has 1 aromatic carbocycles. The van der Waals surface area contributed by atoms with E-state index < -0.39 is 5.97 Å². The van der Waals surface area contributed by atoms with Gasteiger partial charge in [-0.15, -0.1) is 0 Å². The van der Waals surface area contributed by atoms with Crippen LogP contribution >= 0.6 is 0 Å². The number of carboxylic acids is 1. The highest BCUT2D eigenvalue weighted by Crippen LogP contribution is 2.18. The molecule has 0 unspecified atom stereocenters. The number of amides is 1. The summed E-state index contributed by atoms with van der Waals surface area (Å²) in [6.07, 6.45) is 3.46. The van der Waals surface area contributed by atoms with Crippen molar-refractivity contribution in [3.05, 3.63) is 35.6 Å². The van der Waals surface area contributed by atoms with Gasteiger partial charge in [0.05, 0.1) is 0 Å². The number of carbonyl (C=O) groups is 2. The molecule has 1 saturated heterocycles. The molecule has 0 aromatic heterocycles. The zero-order valence-electron chi connectivity index (χ0n) is 13.8. The molecular weight excluding hydrogens is 311 g/mol. The summed E-state index contributed by atoms with van der Waals surface area (Å²) in [4.78, 5) is 25.0. The fourth-order valence-corrected chi connectivity index (χ4v) is 2.97. The number of hydrogen-bond acceptors (Lipinski definition) is 3. The summed E-state index contributed by atoms with van der Waals surface area (Å²) >= 11 is 0. The van der Waals surface area contributed by atoms with Crippen LogP contribution in [0.15, 0.2) is 24.3 Å². The van der Waals surface area contributed by atoms with E-state index in [1.54, 1.807) is 12.1 Å². The predicted molar refractivity (Wildman–Crippen MR) is 88.9 cm³/mol. The summed E-state index contributed by atoms with van der Waals surface area (Å²) in [5.74, 6) is -0.932. The topological polar surface area (TPSA) is 69.6 Å². The summed E-state index contributed by atoms with van der Waals surface area (Å²) in [5, 5.41) is 11.5. The summed E-state index contributed by atoms with van der Waals surface area (Å²) < 4.78 is 12.8. The van der Waals surface area contributed by atoms with Gasteiger partial charge in [-0.2, -0.15) is 0 Å². The molecule has 1 fully saturated rings. The lowest BCUT2D eigenvalue weighted by Crippen LogP contribution is -2.40. The number of nitrogens with zero attached hydrogens (tertiary/aromatic N) is 1. The molecule has 1 amide bonds. The van der Waals surface area contributed by atoms with Gasteiger partial charge in [0.15, 0.2) is 0 Å². The Balaban J connectivity index is 1.63. The Bertz CT molecular complexity index is 540. The Morgan fingerprint density at radius 2 is 1.83 bits per heavy atom. The van der Waals surface area contributed by atoms with Crippen molar-refractivity contribution in [1.29, 1.82) is 0 Å². The molecule has 1 aliphatic heterocycles. The summed E-state index contributed by atoms with van der Waals surface area (Å²) in [5.41, 5.74) is 0.889. The van der Waals surface area contributed by atoms with Crippen LogP contribution in [0, 0.1) is 11.7 Å². The highest BCUT2D eigenvalue weighted by molar-refractivity contribution is 5.78. The van der Waals surface area contributed by atoms with Crippen molar-refractivity contribution in [2.45, 2.75) is 38.6 Å². The van der Waals surface area contributed by atoms with Gasteiger partial charge in [-0.25, -0.2) is 4.39 Å². The molecule has 1 aliphatic rings. The molecule has 24 heavy (non-hydrogen) atoms. The van der Waals surface area contributed by atoms with Gasteiger partial charge >= 0.3 is 5.97 Å². The third-order valence-electron chi connectivity index (χ3n) is 4.45. The smallest absolute Gasteiger partial charge is 0.303 e. The van der Waals surface area contributed by atoms with Crippen molar-refractivity contribution < 1.29 is 19.1 Å². The minimum Gasteiger partial charge on any atom is -0.481 e. The molecule has 2 rings (SSSR count). The van der Waals surface area contributed by atoms with Gasteiger partial charge in [0.2, 0.25) is 5.91 Å². The van der Waals surface area contributed by atoms with Crippen LogP contribution in [0.4, 0.5) is 4.39 Å². The van der Waals surface area contributed by atoms with Gasteiger partial charge < -0.3 is 15.3 Å². The third-order valence-corrected chi connectivity index (χ3v) is 4.45. The highest BCUT2D eigenvalue weighted by Gasteiger charge is 2.24. The normalized spacial score (nSPS) is 16.0. The molecule has 0 radical (unpaired) electrons. The number of carbonyl (C=O) groups excluding carboxylic acids is 1. The lowest BCUT2D eigenvalue weighted by atomic mass is 9.95. The molecule has 5 nitrogen and oxygen atoms in total. The molecule has 132 valence electrons. The number of rotatable bonds is 8. The van der Waals surface area contributed by atoms with E-state index in [-0.39, 0.29) is 24.1 Å². The fourth-order valence-electron chi connectivity index (χ4n) is 2.97. The molecule has 0 spiro atoms. The predicted octanol–water partition coefficient (Wildman–Crippen LogP) is 2.41. The van der Waals surface area contributed by atoms with Crippen LogP contribution in [-0.2, 0) is 16.1 Å². The third kappa shape index (κ3) is 6.28. The van der Waals surface area contributed by atoms with Crippen LogP contribution in [-0.4, -0.2) is 41.5 Å². The van der Waals surface area contributed by atoms with E-state index in [0.717, 1.165) is 44.5 Å². The van der Waals surface area contributed by atoms with Crippen molar-refractivity contribution in [1.82, 2.24) is 10.2 Å². The first-order valence-corrected chi connectivity index (χ1v) is 8.51. The van der Waals surface area contributed by atoms with Crippen molar-refractivity contribution in [2.75, 3.05) is 19.6 Å². The second kappa shape index (κ2) is 9.37. The van der Waals surface area contributed by atoms with Crippen LogP contribution in [0.2, 0.25) is 0 Å². The van der Waals surface area contributed by atoms with E-state index in [1.807, 2.05) is 0 Å². The van der Waals surface area contributed by atoms with Gasteiger partial charge in [0.25, 0.3) is 0 Å². The van der Waals surface area contributed by atoms with Crippen LogP contribution in [0.5, 0.6) is 0 Å². The van der Waals surface area contributed by atoms with Crippen molar-refractivity contribution in [3.8, 4) is 0 Å². The average Bonchev–Trinajstić information content (AvgIpc) is 2.58. The molecule has 6 heteroatoms. The number of carboxylic acid groups (broad SMARTS) is 1. The van der Waals surface area contributed by atoms with Crippen LogP contribution in [0.25, 0.3) is 0 Å². The zero-order valence-corrected chi connectivity index (χ0v) is 13.8. The number of aliphatic carboxylic acids is 1. The van der Waals surface area contributed by atoms with Gasteiger partial charge in [0.1, 0.15) is 5.82 Å². The van der Waals surface area contributed by atoms with Crippen LogP contribution in [0.1, 0.15) is 37.7 Å². The van der Waals surface area contributed by atoms with E-state index >= 15 is 0 Å². The number of unbranched alkanes of at least 4 members (excludes halogenated alkanes) is 1. The summed E-state index contributed by atoms with van der Waals surface area (Å²) in [6, 6.07) is 6.14. The molecular formula is C18H25FN2O3. The van der Waals surface area contributed by atoms with E-state index in [4.69, 9.17) is 5.11 Å². The maximum absolute atomic E-state index is 12.8. The van der Waals surface area contributed by atoms with Gasteiger partial charge in [-0.3, -0.25) is 9.59 Å². The minimum atomic E-state index is -0.744. The number of piperidine rings is 1. The Hall–Kier alpha value is -1.95. The Morgan fingerprint density at radius 3 is 2.46 bits per heavy atom. The van der Waals surface area contributed by atoms with Crippen molar-refractivity contribution in [3.63, 3.8) is 0 Å². The van der Waals surface area contributed by atoms with Crippen LogP contribution in [0.3, 0.4) is 0 Å². The monoisotopic (exact) mass is 336 g/mol. The van der Waals surface area contributed by atoms with Gasteiger partial charge in [-0.1, -0.05) is 12.1 Å². The van der Waals surface area contributed by atoms with Gasteiger partial charge in [0, 0.05) is 18.9 Å². The fraction of sp³-hybridized carbons (Fsp3) is 0.556. The van der Waals surface area contributed by atoms with Crippen LogP contribution < -0.4 is 5.32 Å². The maximum Gasteiger partial charge on any atom is 0.303 e. The Labute approximate surface area is 141 Å². The quantitative estimate of drug-likeness (QED) is 0.715. The lowest BCUT2D eigenvalue weighted by molar-refractivity contribution is -0.137. The lowest BCUT2D eigenvalue weighted by Gasteiger charge is -2.31. The molecule has 0 atom stereocenters. The molecule has 0 bridgehead atoms. The maximum atomic E-state index is 12.8. The molecule has 0 saturated carbocycles. The zero-order chi connectivity index (χ0) is 17.4. The Kier molecular flexibility index (Phi) is 7.18. The van der Waals surface area contributed by atoms with Crippen molar-refractivity contribution in [2.24, 2.45) is 5.92 Å². The second-order valence-electron chi connectivity index (χ2n) is 6.31. The standard InChI is InChI=1S/C18H25FN2O3/c19-16-6-4-14(5-7-16)13-20-18(24)15-8-11-21(12-9-15)10-2-1-3-17(22)23/h4-7,15H,1-3,8-13H2,(H,20,24)(H,22,23). The molecule has 1 heterocycles. The number of likely N-dealkylation sites (tertiary alicyclic amines) is 1. The first kappa shape index (κ1) is 18.4. The molecule has 1 aromatic rings. The number of halogens is 1. The number of hydrogen-bond donors (Lipinski definition) is 2. The number of nitrogens with one attached hydrogen (secondary N) is 1. The van der Waals surface area contributed by atoms with E-state index in [0.29, 0.717) is 13.0 Å². The first-order valence-electron chi connectivity index (χ1n) is 8.51. The van der Waals surface area contributed by atoms with E-state index in [2.05, 4.69) is 10.2 Å². The van der Waals surface area contributed by atoms with E-state index in [1.165, 1.54) is 12.1 Å².